The monoisotopic (exact) mass is 230 g/mol. The van der Waals surface area contributed by atoms with Gasteiger partial charge in [0.1, 0.15) is 6.10 Å². The molecule has 92 valence electrons. The molecule has 2 rings (SSSR count). The van der Waals surface area contributed by atoms with E-state index in [2.05, 4.69) is 0 Å². The third-order valence-electron chi connectivity index (χ3n) is 3.46. The van der Waals surface area contributed by atoms with E-state index in [1.807, 2.05) is 0 Å². The van der Waals surface area contributed by atoms with Gasteiger partial charge in [-0.1, -0.05) is 0 Å². The van der Waals surface area contributed by atoms with Crippen molar-refractivity contribution in [1.29, 1.82) is 0 Å². The van der Waals surface area contributed by atoms with Crippen molar-refractivity contribution < 1.29 is 24.5 Å². The summed E-state index contributed by atoms with van der Waals surface area (Å²) < 4.78 is 10.5. The maximum absolute atomic E-state index is 10.8. The summed E-state index contributed by atoms with van der Waals surface area (Å²) in [5.74, 6) is -1.05. The van der Waals surface area contributed by atoms with E-state index in [4.69, 9.17) is 14.6 Å². The van der Waals surface area contributed by atoms with Gasteiger partial charge in [-0.15, -0.1) is 0 Å². The van der Waals surface area contributed by atoms with Crippen molar-refractivity contribution in [3.63, 3.8) is 0 Å². The molecule has 0 radical (unpaired) electrons. The highest BCUT2D eigenvalue weighted by atomic mass is 16.6. The first-order valence-corrected chi connectivity index (χ1v) is 5.74. The summed E-state index contributed by atoms with van der Waals surface area (Å²) in [7, 11) is 0. The number of ether oxygens (including phenoxy) is 2. The molecule has 16 heavy (non-hydrogen) atoms. The van der Waals surface area contributed by atoms with Crippen LogP contribution in [-0.4, -0.2) is 47.7 Å². The van der Waals surface area contributed by atoms with Crippen molar-refractivity contribution in [2.24, 2.45) is 5.92 Å². The summed E-state index contributed by atoms with van der Waals surface area (Å²) in [6.07, 6.45) is 2.21. The smallest absolute Gasteiger partial charge is 0.306 e. The first-order chi connectivity index (χ1) is 7.59. The quantitative estimate of drug-likeness (QED) is 0.731. The predicted octanol–water partition coefficient (Wildman–Crippen LogP) is 0.408. The lowest BCUT2D eigenvalue weighted by atomic mass is 9.79. The molecule has 0 aromatic carbocycles. The van der Waals surface area contributed by atoms with Gasteiger partial charge in [0.15, 0.2) is 0 Å². The van der Waals surface area contributed by atoms with Crippen LogP contribution in [-0.2, 0) is 14.3 Å². The van der Waals surface area contributed by atoms with Crippen molar-refractivity contribution in [2.75, 3.05) is 19.8 Å². The van der Waals surface area contributed by atoms with Crippen LogP contribution in [0.1, 0.15) is 25.7 Å². The van der Waals surface area contributed by atoms with Gasteiger partial charge in [-0.05, 0) is 25.7 Å². The van der Waals surface area contributed by atoms with Crippen LogP contribution in [0.4, 0.5) is 0 Å². The zero-order chi connectivity index (χ0) is 11.6. The fourth-order valence-electron chi connectivity index (χ4n) is 2.13. The molecule has 1 heterocycles. The van der Waals surface area contributed by atoms with Crippen LogP contribution in [0.25, 0.3) is 0 Å². The summed E-state index contributed by atoms with van der Waals surface area (Å²) in [5, 5.41) is 19.0. The molecule has 0 amide bonds. The average molecular weight is 230 g/mol. The van der Waals surface area contributed by atoms with Crippen LogP contribution in [0.5, 0.6) is 0 Å². The Hall–Kier alpha value is -0.650. The molecular weight excluding hydrogens is 212 g/mol. The van der Waals surface area contributed by atoms with Gasteiger partial charge in [0.05, 0.1) is 31.3 Å². The molecule has 1 saturated heterocycles. The second-order valence-corrected chi connectivity index (χ2v) is 4.81. The van der Waals surface area contributed by atoms with E-state index in [0.717, 1.165) is 0 Å². The molecule has 0 unspecified atom stereocenters. The zero-order valence-corrected chi connectivity index (χ0v) is 9.22. The van der Waals surface area contributed by atoms with Crippen molar-refractivity contribution in [3.05, 3.63) is 0 Å². The van der Waals surface area contributed by atoms with E-state index in [-0.39, 0.29) is 12.0 Å². The van der Waals surface area contributed by atoms with Crippen molar-refractivity contribution in [3.8, 4) is 0 Å². The minimum atomic E-state index is -0.832. The van der Waals surface area contributed by atoms with Crippen molar-refractivity contribution in [2.45, 2.75) is 37.4 Å². The standard InChI is InChI=1S/C11H18O5/c12-10(13)8-1-3-11(14,4-2-8)7-16-9-5-15-6-9/h8-9,14H,1-7H2,(H,12,13). The van der Waals surface area contributed by atoms with E-state index in [9.17, 15) is 9.90 Å². The molecule has 0 atom stereocenters. The first kappa shape index (κ1) is 11.8. The largest absolute Gasteiger partial charge is 0.481 e. The molecule has 5 nitrogen and oxygen atoms in total. The normalized spacial score (nSPS) is 35.7. The Bertz CT molecular complexity index is 253. The molecular formula is C11H18O5. The lowest BCUT2D eigenvalue weighted by Gasteiger charge is -2.36. The van der Waals surface area contributed by atoms with Gasteiger partial charge in [0, 0.05) is 0 Å². The van der Waals surface area contributed by atoms with Crippen LogP contribution >= 0.6 is 0 Å². The van der Waals surface area contributed by atoms with Crippen LogP contribution < -0.4 is 0 Å². The lowest BCUT2D eigenvalue weighted by Crippen LogP contribution is -2.44. The Kier molecular flexibility index (Phi) is 3.47. The molecule has 0 aromatic heterocycles. The number of carbonyl (C=O) groups is 1. The number of aliphatic carboxylic acids is 1. The van der Waals surface area contributed by atoms with Gasteiger partial charge in [0.25, 0.3) is 0 Å². The molecule has 2 fully saturated rings. The van der Waals surface area contributed by atoms with Gasteiger partial charge < -0.3 is 19.7 Å². The highest BCUT2D eigenvalue weighted by Crippen LogP contribution is 2.32. The molecule has 5 heteroatoms. The van der Waals surface area contributed by atoms with Crippen molar-refractivity contribution >= 4 is 5.97 Å². The maximum Gasteiger partial charge on any atom is 0.306 e. The molecule has 2 aliphatic rings. The Morgan fingerprint density at radius 3 is 2.44 bits per heavy atom. The van der Waals surface area contributed by atoms with Crippen LogP contribution in [0, 0.1) is 5.92 Å². The second kappa shape index (κ2) is 4.69. The number of hydrogen-bond acceptors (Lipinski definition) is 4. The fraction of sp³-hybridized carbons (Fsp3) is 0.909. The van der Waals surface area contributed by atoms with E-state index < -0.39 is 11.6 Å². The van der Waals surface area contributed by atoms with Gasteiger partial charge in [-0.2, -0.15) is 0 Å². The molecule has 1 aliphatic carbocycles. The number of carboxylic acids is 1. The lowest BCUT2D eigenvalue weighted by molar-refractivity contribution is -0.171. The summed E-state index contributed by atoms with van der Waals surface area (Å²) >= 11 is 0. The van der Waals surface area contributed by atoms with Gasteiger partial charge in [-0.25, -0.2) is 0 Å². The van der Waals surface area contributed by atoms with E-state index in [1.54, 1.807) is 0 Å². The zero-order valence-electron chi connectivity index (χ0n) is 9.22. The number of rotatable bonds is 4. The van der Waals surface area contributed by atoms with E-state index >= 15 is 0 Å². The Morgan fingerprint density at radius 2 is 2.00 bits per heavy atom. The fourth-order valence-corrected chi connectivity index (χ4v) is 2.13. The molecule has 1 aliphatic heterocycles. The Labute approximate surface area is 94.4 Å². The third-order valence-corrected chi connectivity index (χ3v) is 3.46. The summed E-state index contributed by atoms with van der Waals surface area (Å²) in [6, 6.07) is 0. The molecule has 1 saturated carbocycles. The number of aliphatic hydroxyl groups is 1. The molecule has 0 bridgehead atoms. The number of hydrogen-bond donors (Lipinski definition) is 2. The predicted molar refractivity (Wildman–Crippen MR) is 55.1 cm³/mol. The van der Waals surface area contributed by atoms with Crippen LogP contribution in [0.3, 0.4) is 0 Å². The van der Waals surface area contributed by atoms with Crippen LogP contribution in [0.15, 0.2) is 0 Å². The van der Waals surface area contributed by atoms with E-state index in [0.29, 0.717) is 45.5 Å². The summed E-state index contributed by atoms with van der Waals surface area (Å²) in [4.78, 5) is 10.8. The van der Waals surface area contributed by atoms with Crippen LogP contribution in [0.2, 0.25) is 0 Å². The Morgan fingerprint density at radius 1 is 1.38 bits per heavy atom. The highest BCUT2D eigenvalue weighted by molar-refractivity contribution is 5.70. The molecule has 0 aromatic rings. The van der Waals surface area contributed by atoms with Gasteiger partial charge >= 0.3 is 5.97 Å². The minimum absolute atomic E-state index is 0.112. The average Bonchev–Trinajstić information content (AvgIpc) is 2.15. The second-order valence-electron chi connectivity index (χ2n) is 4.81. The third kappa shape index (κ3) is 2.72. The number of carboxylic acid groups (broad SMARTS) is 1. The van der Waals surface area contributed by atoms with E-state index in [1.165, 1.54) is 0 Å². The maximum atomic E-state index is 10.8. The minimum Gasteiger partial charge on any atom is -0.481 e. The van der Waals surface area contributed by atoms with Gasteiger partial charge in [0.2, 0.25) is 0 Å². The molecule has 2 N–H and O–H groups in total. The summed E-state index contributed by atoms with van der Waals surface area (Å²) in [5.41, 5.74) is -0.832. The van der Waals surface area contributed by atoms with Crippen molar-refractivity contribution in [1.82, 2.24) is 0 Å². The first-order valence-electron chi connectivity index (χ1n) is 5.74. The summed E-state index contributed by atoms with van der Waals surface area (Å²) in [6.45, 7) is 1.51. The Balaban J connectivity index is 1.74. The molecule has 0 spiro atoms. The SMILES string of the molecule is O=C(O)C1CCC(O)(COC2COC2)CC1. The van der Waals surface area contributed by atoms with Gasteiger partial charge in [-0.3, -0.25) is 4.79 Å². The topological polar surface area (TPSA) is 76.0 Å². The highest BCUT2D eigenvalue weighted by Gasteiger charge is 2.37.